The van der Waals surface area contributed by atoms with Crippen LogP contribution in [0.1, 0.15) is 27.4 Å². The minimum Gasteiger partial charge on any atom is -0.488 e. The topological polar surface area (TPSA) is 42.7 Å². The van der Waals surface area contributed by atoms with Crippen LogP contribution in [0.15, 0.2) is 65.1 Å². The third kappa shape index (κ3) is 4.30. The van der Waals surface area contributed by atoms with Crippen LogP contribution >= 0.6 is 0 Å². The van der Waals surface area contributed by atoms with Crippen molar-refractivity contribution in [3.63, 3.8) is 0 Å². The summed E-state index contributed by atoms with van der Waals surface area (Å²) >= 11 is 0. The molecule has 0 aliphatic carbocycles. The zero-order chi connectivity index (χ0) is 18.5. The number of carbonyl (C=O) groups is 1. The summed E-state index contributed by atoms with van der Waals surface area (Å²) in [6.07, 6.45) is 0. The van der Waals surface area contributed by atoms with Crippen molar-refractivity contribution < 1.29 is 18.3 Å². The highest BCUT2D eigenvalue weighted by atomic mass is 19.1. The van der Waals surface area contributed by atoms with Gasteiger partial charge in [-0.3, -0.25) is 4.79 Å². The van der Waals surface area contributed by atoms with Gasteiger partial charge in [0.1, 0.15) is 29.7 Å². The predicted molar refractivity (Wildman–Crippen MR) is 96.4 cm³/mol. The summed E-state index contributed by atoms with van der Waals surface area (Å²) in [6.45, 7) is 2.49. The maximum atomic E-state index is 13.0. The number of hydrogen-bond donors (Lipinski definition) is 0. The second kappa shape index (κ2) is 7.87. The molecule has 0 atom stereocenters. The van der Waals surface area contributed by atoms with Gasteiger partial charge in [0.15, 0.2) is 0 Å². The Morgan fingerprint density at radius 3 is 2.50 bits per heavy atom. The summed E-state index contributed by atoms with van der Waals surface area (Å²) in [4.78, 5) is 14.4. The molecule has 0 saturated heterocycles. The lowest BCUT2D eigenvalue weighted by molar-refractivity contribution is 0.0770. The summed E-state index contributed by atoms with van der Waals surface area (Å²) in [6, 6.07) is 16.9. The van der Waals surface area contributed by atoms with Crippen molar-refractivity contribution in [2.24, 2.45) is 0 Å². The Balaban J connectivity index is 1.71. The van der Waals surface area contributed by atoms with E-state index in [1.54, 1.807) is 42.3 Å². The lowest BCUT2D eigenvalue weighted by Gasteiger charge is -2.18. The molecule has 0 unspecified atom stereocenters. The monoisotopic (exact) mass is 353 g/mol. The smallest absolute Gasteiger partial charge is 0.257 e. The minimum atomic E-state index is -0.292. The van der Waals surface area contributed by atoms with E-state index in [0.29, 0.717) is 17.9 Å². The Morgan fingerprint density at radius 2 is 1.81 bits per heavy atom. The number of furan rings is 1. The van der Waals surface area contributed by atoms with E-state index in [-0.39, 0.29) is 18.3 Å². The fourth-order valence-electron chi connectivity index (χ4n) is 2.59. The molecular weight excluding hydrogens is 333 g/mol. The van der Waals surface area contributed by atoms with E-state index in [2.05, 4.69) is 0 Å². The predicted octanol–water partition coefficient (Wildman–Crippen LogP) is 4.58. The standard InChI is InChI=1S/C21H20FNO3/c1-15-7-12-18(26-15)13-23(2)21(24)19-5-3-4-6-20(19)25-14-16-8-10-17(22)11-9-16/h3-12H,13-14H2,1-2H3. The molecule has 0 aliphatic rings. The van der Waals surface area contributed by atoms with E-state index in [1.165, 1.54) is 12.1 Å². The molecule has 0 spiro atoms. The van der Waals surface area contributed by atoms with Crippen molar-refractivity contribution in [1.82, 2.24) is 4.90 Å². The van der Waals surface area contributed by atoms with Gasteiger partial charge < -0.3 is 14.1 Å². The van der Waals surface area contributed by atoms with Crippen LogP contribution in [0.3, 0.4) is 0 Å². The third-order valence-electron chi connectivity index (χ3n) is 3.96. The highest BCUT2D eigenvalue weighted by Gasteiger charge is 2.18. The van der Waals surface area contributed by atoms with Gasteiger partial charge in [0.05, 0.1) is 12.1 Å². The Labute approximate surface area is 151 Å². The third-order valence-corrected chi connectivity index (χ3v) is 3.96. The number of hydrogen-bond acceptors (Lipinski definition) is 3. The summed E-state index contributed by atoms with van der Waals surface area (Å²) in [5.41, 5.74) is 1.30. The van der Waals surface area contributed by atoms with Crippen molar-refractivity contribution in [2.75, 3.05) is 7.05 Å². The molecule has 0 bridgehead atoms. The molecule has 5 heteroatoms. The second-order valence-corrected chi connectivity index (χ2v) is 6.08. The molecule has 0 N–H and O–H groups in total. The molecule has 2 aromatic carbocycles. The van der Waals surface area contributed by atoms with Gasteiger partial charge in [0.2, 0.25) is 0 Å². The van der Waals surface area contributed by atoms with Crippen LogP contribution in [0.25, 0.3) is 0 Å². The number of ether oxygens (including phenoxy) is 1. The Bertz CT molecular complexity index is 886. The van der Waals surface area contributed by atoms with Crippen LogP contribution in [-0.4, -0.2) is 17.9 Å². The summed E-state index contributed by atoms with van der Waals surface area (Å²) < 4.78 is 24.3. The minimum absolute atomic E-state index is 0.159. The molecule has 3 rings (SSSR count). The van der Waals surface area contributed by atoms with Gasteiger partial charge in [-0.1, -0.05) is 24.3 Å². The average Bonchev–Trinajstić information content (AvgIpc) is 3.05. The lowest BCUT2D eigenvalue weighted by atomic mass is 10.1. The van der Waals surface area contributed by atoms with Gasteiger partial charge in [-0.05, 0) is 48.9 Å². The van der Waals surface area contributed by atoms with Gasteiger partial charge in [0, 0.05) is 7.05 Å². The number of nitrogens with zero attached hydrogens (tertiary/aromatic N) is 1. The first-order valence-corrected chi connectivity index (χ1v) is 8.30. The number of amides is 1. The van der Waals surface area contributed by atoms with Crippen LogP contribution in [-0.2, 0) is 13.2 Å². The number of carbonyl (C=O) groups excluding carboxylic acids is 1. The molecule has 0 aliphatic heterocycles. The molecule has 0 fully saturated rings. The van der Waals surface area contributed by atoms with Crippen molar-refractivity contribution >= 4 is 5.91 Å². The molecule has 0 radical (unpaired) electrons. The average molecular weight is 353 g/mol. The fraction of sp³-hybridized carbons (Fsp3) is 0.190. The summed E-state index contributed by atoms with van der Waals surface area (Å²) in [7, 11) is 1.72. The van der Waals surface area contributed by atoms with Crippen LogP contribution in [0.2, 0.25) is 0 Å². The van der Waals surface area contributed by atoms with Crippen molar-refractivity contribution in [2.45, 2.75) is 20.1 Å². The van der Waals surface area contributed by atoms with E-state index in [9.17, 15) is 9.18 Å². The number of para-hydroxylation sites is 1. The van der Waals surface area contributed by atoms with Gasteiger partial charge in [0.25, 0.3) is 5.91 Å². The second-order valence-electron chi connectivity index (χ2n) is 6.08. The van der Waals surface area contributed by atoms with E-state index in [0.717, 1.165) is 17.1 Å². The first-order chi connectivity index (χ1) is 12.5. The number of rotatable bonds is 6. The van der Waals surface area contributed by atoms with E-state index < -0.39 is 0 Å². The molecular formula is C21H20FNO3. The largest absolute Gasteiger partial charge is 0.488 e. The number of aryl methyl sites for hydroxylation is 1. The quantitative estimate of drug-likeness (QED) is 0.651. The van der Waals surface area contributed by atoms with E-state index in [1.807, 2.05) is 25.1 Å². The van der Waals surface area contributed by atoms with Gasteiger partial charge in [-0.15, -0.1) is 0 Å². The summed E-state index contributed by atoms with van der Waals surface area (Å²) in [5, 5.41) is 0. The van der Waals surface area contributed by atoms with Gasteiger partial charge >= 0.3 is 0 Å². The highest BCUT2D eigenvalue weighted by Crippen LogP contribution is 2.22. The van der Waals surface area contributed by atoms with Crippen LogP contribution in [0, 0.1) is 12.7 Å². The van der Waals surface area contributed by atoms with Gasteiger partial charge in [-0.25, -0.2) is 4.39 Å². The van der Waals surface area contributed by atoms with Crippen molar-refractivity contribution in [3.8, 4) is 5.75 Å². The Morgan fingerprint density at radius 1 is 1.08 bits per heavy atom. The molecule has 4 nitrogen and oxygen atoms in total. The van der Waals surface area contributed by atoms with Crippen LogP contribution in [0.5, 0.6) is 5.75 Å². The first-order valence-electron chi connectivity index (χ1n) is 8.30. The van der Waals surface area contributed by atoms with Crippen molar-refractivity contribution in [1.29, 1.82) is 0 Å². The molecule has 1 heterocycles. The van der Waals surface area contributed by atoms with Crippen LogP contribution in [0.4, 0.5) is 4.39 Å². The highest BCUT2D eigenvalue weighted by molar-refractivity contribution is 5.96. The Kier molecular flexibility index (Phi) is 5.37. The molecule has 3 aromatic rings. The maximum absolute atomic E-state index is 13.0. The maximum Gasteiger partial charge on any atom is 0.257 e. The van der Waals surface area contributed by atoms with E-state index >= 15 is 0 Å². The molecule has 1 aromatic heterocycles. The zero-order valence-corrected chi connectivity index (χ0v) is 14.7. The van der Waals surface area contributed by atoms with Crippen LogP contribution < -0.4 is 4.74 Å². The first kappa shape index (κ1) is 17.7. The molecule has 26 heavy (non-hydrogen) atoms. The molecule has 0 saturated carbocycles. The van der Waals surface area contributed by atoms with Crippen molar-refractivity contribution in [3.05, 3.63) is 89.1 Å². The van der Waals surface area contributed by atoms with Gasteiger partial charge in [-0.2, -0.15) is 0 Å². The number of halogens is 1. The lowest BCUT2D eigenvalue weighted by Crippen LogP contribution is -2.26. The zero-order valence-electron chi connectivity index (χ0n) is 14.7. The molecule has 134 valence electrons. The Hall–Kier alpha value is -3.08. The van der Waals surface area contributed by atoms with E-state index in [4.69, 9.17) is 9.15 Å². The number of benzene rings is 2. The SMILES string of the molecule is Cc1ccc(CN(C)C(=O)c2ccccc2OCc2ccc(F)cc2)o1. The summed E-state index contributed by atoms with van der Waals surface area (Å²) in [5.74, 6) is 1.57. The normalized spacial score (nSPS) is 10.6. The fourth-order valence-corrected chi connectivity index (χ4v) is 2.59. The molecule has 1 amide bonds.